The molecule has 1 spiro atoms. The Morgan fingerprint density at radius 1 is 1.29 bits per heavy atom. The van der Waals surface area contributed by atoms with Crippen molar-refractivity contribution in [3.05, 3.63) is 18.2 Å². The van der Waals surface area contributed by atoms with Crippen molar-refractivity contribution in [2.45, 2.75) is 55.1 Å². The van der Waals surface area contributed by atoms with Crippen LogP contribution in [0.3, 0.4) is 0 Å². The standard InChI is InChI=1S/C17H24N2OS/c18-13-3-4-16-15(11-13)19(8-10-21-16)14-5-9-20-17(12-14)6-1-2-7-17/h3-4,11,14H,1-2,5-10,12,18H2. The van der Waals surface area contributed by atoms with Gasteiger partial charge in [-0.15, -0.1) is 11.8 Å². The van der Waals surface area contributed by atoms with Gasteiger partial charge < -0.3 is 15.4 Å². The molecule has 3 nitrogen and oxygen atoms in total. The summed E-state index contributed by atoms with van der Waals surface area (Å²) in [5, 5.41) is 0. The predicted molar refractivity (Wildman–Crippen MR) is 89.1 cm³/mol. The number of hydrogen-bond acceptors (Lipinski definition) is 4. The molecule has 114 valence electrons. The highest BCUT2D eigenvalue weighted by atomic mass is 32.2. The second kappa shape index (κ2) is 5.40. The molecule has 1 saturated heterocycles. The number of anilines is 2. The highest BCUT2D eigenvalue weighted by molar-refractivity contribution is 7.99. The summed E-state index contributed by atoms with van der Waals surface area (Å²) in [5.41, 5.74) is 8.45. The first-order valence-corrected chi connectivity index (χ1v) is 9.17. The fraction of sp³-hybridized carbons (Fsp3) is 0.647. The molecule has 21 heavy (non-hydrogen) atoms. The van der Waals surface area contributed by atoms with Gasteiger partial charge in [-0.2, -0.15) is 0 Å². The molecular weight excluding hydrogens is 280 g/mol. The number of nitrogens with two attached hydrogens (primary N) is 1. The molecule has 1 aromatic rings. The fourth-order valence-electron chi connectivity index (χ4n) is 4.27. The topological polar surface area (TPSA) is 38.5 Å². The molecule has 4 rings (SSSR count). The Balaban J connectivity index is 1.61. The Morgan fingerprint density at radius 3 is 3.00 bits per heavy atom. The Labute approximate surface area is 131 Å². The molecule has 0 aromatic heterocycles. The number of nitrogens with zero attached hydrogens (tertiary/aromatic N) is 1. The van der Waals surface area contributed by atoms with Crippen molar-refractivity contribution >= 4 is 23.1 Å². The Hall–Kier alpha value is -0.870. The molecule has 1 unspecified atom stereocenters. The number of nitrogen functional groups attached to an aromatic ring is 1. The van der Waals surface area contributed by atoms with Gasteiger partial charge in [0.1, 0.15) is 0 Å². The van der Waals surface area contributed by atoms with Gasteiger partial charge in [0.2, 0.25) is 0 Å². The SMILES string of the molecule is Nc1ccc2c(c1)N(C1CCOC3(CCCC3)C1)CCS2. The second-order valence-corrected chi connectivity index (χ2v) is 7.79. The molecule has 4 heteroatoms. The lowest BCUT2D eigenvalue weighted by Crippen LogP contribution is -2.49. The van der Waals surface area contributed by atoms with Crippen LogP contribution in [0.5, 0.6) is 0 Å². The van der Waals surface area contributed by atoms with Crippen LogP contribution in [-0.4, -0.2) is 30.5 Å². The smallest absolute Gasteiger partial charge is 0.0702 e. The predicted octanol–water partition coefficient (Wildman–Crippen LogP) is 3.67. The maximum Gasteiger partial charge on any atom is 0.0702 e. The maximum atomic E-state index is 6.20. The first-order valence-electron chi connectivity index (χ1n) is 8.19. The molecule has 1 aromatic carbocycles. The van der Waals surface area contributed by atoms with Gasteiger partial charge in [0.25, 0.3) is 0 Å². The van der Waals surface area contributed by atoms with Crippen LogP contribution in [0, 0.1) is 0 Å². The van der Waals surface area contributed by atoms with Crippen molar-refractivity contribution < 1.29 is 4.74 Å². The van der Waals surface area contributed by atoms with Crippen molar-refractivity contribution in [1.29, 1.82) is 0 Å². The number of fused-ring (bicyclic) bond motifs is 1. The number of benzene rings is 1. The summed E-state index contributed by atoms with van der Waals surface area (Å²) in [5.74, 6) is 1.18. The van der Waals surface area contributed by atoms with E-state index in [2.05, 4.69) is 17.0 Å². The average molecular weight is 304 g/mol. The van der Waals surface area contributed by atoms with E-state index in [1.54, 1.807) is 0 Å². The molecular formula is C17H24N2OS. The molecule has 3 aliphatic rings. The minimum absolute atomic E-state index is 0.188. The van der Waals surface area contributed by atoms with Crippen LogP contribution >= 0.6 is 11.8 Å². The van der Waals surface area contributed by atoms with E-state index < -0.39 is 0 Å². The summed E-state index contributed by atoms with van der Waals surface area (Å²) >= 11 is 1.96. The fourth-order valence-corrected chi connectivity index (χ4v) is 5.27. The molecule has 1 saturated carbocycles. The second-order valence-electron chi connectivity index (χ2n) is 6.65. The van der Waals surface area contributed by atoms with Crippen LogP contribution in [0.2, 0.25) is 0 Å². The zero-order chi connectivity index (χ0) is 14.3. The van der Waals surface area contributed by atoms with E-state index in [1.165, 1.54) is 48.4 Å². The van der Waals surface area contributed by atoms with E-state index in [0.717, 1.165) is 25.3 Å². The van der Waals surface area contributed by atoms with Crippen LogP contribution < -0.4 is 10.6 Å². The zero-order valence-corrected chi connectivity index (χ0v) is 13.3. The van der Waals surface area contributed by atoms with Gasteiger partial charge >= 0.3 is 0 Å². The molecule has 2 heterocycles. The van der Waals surface area contributed by atoms with Gasteiger partial charge in [-0.3, -0.25) is 0 Å². The highest BCUT2D eigenvalue weighted by Gasteiger charge is 2.42. The number of thioether (sulfide) groups is 1. The van der Waals surface area contributed by atoms with E-state index in [4.69, 9.17) is 10.5 Å². The quantitative estimate of drug-likeness (QED) is 0.803. The molecule has 2 aliphatic heterocycles. The molecule has 1 aliphatic carbocycles. The third kappa shape index (κ3) is 2.53. The van der Waals surface area contributed by atoms with Gasteiger partial charge in [-0.05, 0) is 43.9 Å². The largest absolute Gasteiger partial charge is 0.399 e. The van der Waals surface area contributed by atoms with Gasteiger partial charge in [0, 0.05) is 35.5 Å². The Morgan fingerprint density at radius 2 is 2.14 bits per heavy atom. The normalized spacial score (nSPS) is 27.8. The van der Waals surface area contributed by atoms with Gasteiger partial charge in [0.15, 0.2) is 0 Å². The van der Waals surface area contributed by atoms with Crippen molar-refractivity contribution in [2.24, 2.45) is 0 Å². The summed E-state index contributed by atoms with van der Waals surface area (Å²) in [6, 6.07) is 7.00. The lowest BCUT2D eigenvalue weighted by atomic mass is 9.88. The van der Waals surface area contributed by atoms with E-state index >= 15 is 0 Å². The Bertz CT molecular complexity index is 528. The summed E-state index contributed by atoms with van der Waals surface area (Å²) in [6.45, 7) is 2.06. The summed E-state index contributed by atoms with van der Waals surface area (Å²) in [7, 11) is 0. The summed E-state index contributed by atoms with van der Waals surface area (Å²) in [4.78, 5) is 4.01. The van der Waals surface area contributed by atoms with E-state index in [-0.39, 0.29) is 5.60 Å². The van der Waals surface area contributed by atoms with Crippen molar-refractivity contribution in [2.75, 3.05) is 29.5 Å². The van der Waals surface area contributed by atoms with Gasteiger partial charge in [0.05, 0.1) is 11.3 Å². The lowest BCUT2D eigenvalue weighted by molar-refractivity contribution is -0.0799. The molecule has 0 amide bonds. The van der Waals surface area contributed by atoms with Gasteiger partial charge in [-0.1, -0.05) is 12.8 Å². The third-order valence-corrected chi connectivity index (χ3v) is 6.35. The number of rotatable bonds is 1. The molecule has 0 bridgehead atoms. The summed E-state index contributed by atoms with van der Waals surface area (Å²) in [6.07, 6.45) is 7.55. The van der Waals surface area contributed by atoms with Gasteiger partial charge in [-0.25, -0.2) is 0 Å². The minimum atomic E-state index is 0.188. The molecule has 2 N–H and O–H groups in total. The monoisotopic (exact) mass is 304 g/mol. The van der Waals surface area contributed by atoms with Crippen LogP contribution in [0.4, 0.5) is 11.4 Å². The number of hydrogen-bond donors (Lipinski definition) is 1. The highest BCUT2D eigenvalue weighted by Crippen LogP contribution is 2.44. The van der Waals surface area contributed by atoms with Crippen LogP contribution in [0.25, 0.3) is 0 Å². The van der Waals surface area contributed by atoms with E-state index in [1.807, 2.05) is 17.8 Å². The average Bonchev–Trinajstić information content (AvgIpc) is 2.94. The minimum Gasteiger partial charge on any atom is -0.399 e. The lowest BCUT2D eigenvalue weighted by Gasteiger charge is -2.45. The van der Waals surface area contributed by atoms with Crippen molar-refractivity contribution in [3.8, 4) is 0 Å². The Kier molecular flexibility index (Phi) is 3.54. The van der Waals surface area contributed by atoms with Crippen LogP contribution in [0.1, 0.15) is 38.5 Å². The molecule has 0 radical (unpaired) electrons. The van der Waals surface area contributed by atoms with Crippen molar-refractivity contribution in [1.82, 2.24) is 0 Å². The van der Waals surface area contributed by atoms with E-state index in [9.17, 15) is 0 Å². The first kappa shape index (κ1) is 13.8. The zero-order valence-electron chi connectivity index (χ0n) is 12.5. The number of ether oxygens (including phenoxy) is 1. The van der Waals surface area contributed by atoms with Crippen LogP contribution in [0.15, 0.2) is 23.1 Å². The molecule has 2 fully saturated rings. The van der Waals surface area contributed by atoms with Crippen molar-refractivity contribution in [3.63, 3.8) is 0 Å². The molecule has 1 atom stereocenters. The van der Waals surface area contributed by atoms with E-state index in [0.29, 0.717) is 6.04 Å². The third-order valence-electron chi connectivity index (χ3n) is 5.30. The maximum absolute atomic E-state index is 6.20. The van der Waals surface area contributed by atoms with Crippen LogP contribution in [-0.2, 0) is 4.74 Å². The summed E-state index contributed by atoms with van der Waals surface area (Å²) < 4.78 is 6.20. The first-order chi connectivity index (χ1) is 10.3.